The number of nitrogens with one attached hydrogen (secondary N) is 1. The van der Waals surface area contributed by atoms with Gasteiger partial charge in [0.25, 0.3) is 0 Å². The zero-order valence-electron chi connectivity index (χ0n) is 8.88. The first-order valence-corrected chi connectivity index (χ1v) is 5.07. The number of carbonyl (C=O) groups is 2. The molecule has 0 saturated carbocycles. The maximum Gasteiger partial charge on any atom is 0.303 e. The Kier molecular flexibility index (Phi) is 6.80. The first kappa shape index (κ1) is 12.9. The number of carboxylic acid groups (broad SMARTS) is 1. The van der Waals surface area contributed by atoms with E-state index in [1.165, 1.54) is 0 Å². The van der Waals surface area contributed by atoms with E-state index in [1.807, 2.05) is 13.8 Å². The summed E-state index contributed by atoms with van der Waals surface area (Å²) in [4.78, 5) is 21.5. The lowest BCUT2D eigenvalue weighted by Crippen LogP contribution is -2.30. The van der Waals surface area contributed by atoms with Gasteiger partial charge in [-0.15, -0.1) is 0 Å². The monoisotopic (exact) mass is 201 g/mol. The Morgan fingerprint density at radius 2 is 2.07 bits per heavy atom. The molecule has 2 N–H and O–H groups in total. The maximum absolute atomic E-state index is 11.3. The van der Waals surface area contributed by atoms with Crippen LogP contribution in [0.2, 0.25) is 0 Å². The highest BCUT2D eigenvalue weighted by atomic mass is 16.4. The quantitative estimate of drug-likeness (QED) is 0.612. The van der Waals surface area contributed by atoms with Gasteiger partial charge >= 0.3 is 5.97 Å². The van der Waals surface area contributed by atoms with Crippen molar-refractivity contribution in [2.24, 2.45) is 5.92 Å². The third-order valence-corrected chi connectivity index (χ3v) is 2.04. The molecule has 0 radical (unpaired) electrons. The van der Waals surface area contributed by atoms with Gasteiger partial charge in [-0.2, -0.15) is 0 Å². The zero-order chi connectivity index (χ0) is 11.0. The molecule has 0 saturated heterocycles. The lowest BCUT2D eigenvalue weighted by molar-refractivity contribution is -0.137. The molecule has 0 bridgehead atoms. The molecule has 4 nitrogen and oxygen atoms in total. The Labute approximate surface area is 84.7 Å². The molecule has 4 heteroatoms. The van der Waals surface area contributed by atoms with E-state index in [4.69, 9.17) is 5.11 Å². The third kappa shape index (κ3) is 6.46. The minimum Gasteiger partial charge on any atom is -0.481 e. The molecule has 0 aromatic rings. The molecule has 1 atom stereocenters. The number of aliphatic carboxylic acids is 1. The van der Waals surface area contributed by atoms with Gasteiger partial charge in [0.1, 0.15) is 0 Å². The summed E-state index contributed by atoms with van der Waals surface area (Å²) >= 11 is 0. The Bertz CT molecular complexity index is 192. The predicted molar refractivity (Wildman–Crippen MR) is 54.0 cm³/mol. The van der Waals surface area contributed by atoms with Crippen LogP contribution in [0.4, 0.5) is 0 Å². The molecule has 14 heavy (non-hydrogen) atoms. The molecular weight excluding hydrogens is 182 g/mol. The Morgan fingerprint density at radius 3 is 2.57 bits per heavy atom. The minimum atomic E-state index is -0.819. The van der Waals surface area contributed by atoms with Gasteiger partial charge in [0.2, 0.25) is 5.91 Å². The molecule has 0 fully saturated rings. The van der Waals surface area contributed by atoms with E-state index in [1.54, 1.807) is 0 Å². The number of carbonyl (C=O) groups excluding carboxylic acids is 1. The minimum absolute atomic E-state index is 0.0252. The second kappa shape index (κ2) is 7.35. The largest absolute Gasteiger partial charge is 0.481 e. The van der Waals surface area contributed by atoms with Crippen molar-refractivity contribution in [1.29, 1.82) is 0 Å². The summed E-state index contributed by atoms with van der Waals surface area (Å²) in [5, 5.41) is 11.1. The number of amides is 1. The molecular formula is C10H19NO3. The maximum atomic E-state index is 11.3. The van der Waals surface area contributed by atoms with Crippen molar-refractivity contribution in [3.8, 4) is 0 Å². The van der Waals surface area contributed by atoms with Crippen LogP contribution in [0, 0.1) is 5.92 Å². The number of hydrogen-bond acceptors (Lipinski definition) is 2. The molecule has 0 spiro atoms. The molecule has 1 unspecified atom stereocenters. The van der Waals surface area contributed by atoms with E-state index in [0.29, 0.717) is 13.0 Å². The zero-order valence-corrected chi connectivity index (χ0v) is 8.88. The molecule has 0 aliphatic carbocycles. The van der Waals surface area contributed by atoms with Crippen LogP contribution >= 0.6 is 0 Å². The van der Waals surface area contributed by atoms with Crippen LogP contribution < -0.4 is 5.32 Å². The molecule has 1 amide bonds. The van der Waals surface area contributed by atoms with Crippen molar-refractivity contribution < 1.29 is 14.7 Å². The number of hydrogen-bond donors (Lipinski definition) is 2. The van der Waals surface area contributed by atoms with Crippen LogP contribution in [0.15, 0.2) is 0 Å². The fourth-order valence-corrected chi connectivity index (χ4v) is 1.19. The second-order valence-corrected chi connectivity index (χ2v) is 3.48. The Morgan fingerprint density at radius 1 is 1.43 bits per heavy atom. The molecule has 0 aliphatic rings. The highest BCUT2D eigenvalue weighted by molar-refractivity contribution is 5.78. The Balaban J connectivity index is 3.48. The van der Waals surface area contributed by atoms with Gasteiger partial charge in [0.05, 0.1) is 0 Å². The standard InChI is InChI=1S/C10H19NO3/c1-3-5-8(2)10(14)11-7-4-6-9(12)13/h8H,3-7H2,1-2H3,(H,11,14)(H,12,13). The molecule has 0 aromatic heterocycles. The van der Waals surface area contributed by atoms with Crippen LogP contribution in [0.1, 0.15) is 39.5 Å². The fraction of sp³-hybridized carbons (Fsp3) is 0.800. The number of carboxylic acids is 1. The van der Waals surface area contributed by atoms with Crippen molar-refractivity contribution in [2.45, 2.75) is 39.5 Å². The first-order valence-electron chi connectivity index (χ1n) is 5.07. The third-order valence-electron chi connectivity index (χ3n) is 2.04. The van der Waals surface area contributed by atoms with Crippen LogP contribution in [-0.2, 0) is 9.59 Å². The smallest absolute Gasteiger partial charge is 0.303 e. The van der Waals surface area contributed by atoms with Crippen LogP contribution in [0.3, 0.4) is 0 Å². The Hall–Kier alpha value is -1.06. The van der Waals surface area contributed by atoms with Gasteiger partial charge in [-0.1, -0.05) is 20.3 Å². The van der Waals surface area contributed by atoms with Crippen molar-refractivity contribution >= 4 is 11.9 Å². The van der Waals surface area contributed by atoms with Crippen LogP contribution in [0.5, 0.6) is 0 Å². The van der Waals surface area contributed by atoms with E-state index in [2.05, 4.69) is 5.32 Å². The number of rotatable bonds is 7. The highest BCUT2D eigenvalue weighted by Gasteiger charge is 2.10. The fourth-order valence-electron chi connectivity index (χ4n) is 1.19. The summed E-state index contributed by atoms with van der Waals surface area (Å²) in [5.41, 5.74) is 0. The molecule has 0 rings (SSSR count). The second-order valence-electron chi connectivity index (χ2n) is 3.48. The average molecular weight is 201 g/mol. The molecule has 0 heterocycles. The van der Waals surface area contributed by atoms with Crippen molar-refractivity contribution in [2.75, 3.05) is 6.54 Å². The van der Waals surface area contributed by atoms with E-state index >= 15 is 0 Å². The van der Waals surface area contributed by atoms with Crippen molar-refractivity contribution in [3.05, 3.63) is 0 Å². The van der Waals surface area contributed by atoms with E-state index < -0.39 is 5.97 Å². The van der Waals surface area contributed by atoms with E-state index in [-0.39, 0.29) is 18.2 Å². The topological polar surface area (TPSA) is 66.4 Å². The summed E-state index contributed by atoms with van der Waals surface area (Å²) in [6, 6.07) is 0. The molecule has 82 valence electrons. The first-order chi connectivity index (χ1) is 6.57. The normalized spacial score (nSPS) is 12.1. The summed E-state index contributed by atoms with van der Waals surface area (Å²) in [7, 11) is 0. The van der Waals surface area contributed by atoms with Gasteiger partial charge < -0.3 is 10.4 Å². The van der Waals surface area contributed by atoms with E-state index in [0.717, 1.165) is 12.8 Å². The van der Waals surface area contributed by atoms with Gasteiger partial charge in [-0.25, -0.2) is 0 Å². The summed E-state index contributed by atoms with van der Waals surface area (Å²) in [6.07, 6.45) is 2.48. The van der Waals surface area contributed by atoms with Gasteiger partial charge in [0.15, 0.2) is 0 Å². The SMILES string of the molecule is CCCC(C)C(=O)NCCCC(=O)O. The lowest BCUT2D eigenvalue weighted by Gasteiger charge is -2.10. The average Bonchev–Trinajstić information content (AvgIpc) is 2.12. The molecule has 0 aliphatic heterocycles. The van der Waals surface area contributed by atoms with E-state index in [9.17, 15) is 9.59 Å². The predicted octanol–water partition coefficient (Wildman–Crippen LogP) is 1.40. The van der Waals surface area contributed by atoms with Crippen molar-refractivity contribution in [3.63, 3.8) is 0 Å². The van der Waals surface area contributed by atoms with Gasteiger partial charge in [-0.05, 0) is 12.8 Å². The summed E-state index contributed by atoms with van der Waals surface area (Å²) in [5.74, 6) is -0.761. The van der Waals surface area contributed by atoms with Crippen molar-refractivity contribution in [1.82, 2.24) is 5.32 Å². The lowest BCUT2D eigenvalue weighted by atomic mass is 10.1. The van der Waals surface area contributed by atoms with Crippen LogP contribution in [-0.4, -0.2) is 23.5 Å². The van der Waals surface area contributed by atoms with Crippen LogP contribution in [0.25, 0.3) is 0 Å². The summed E-state index contributed by atoms with van der Waals surface area (Å²) < 4.78 is 0. The molecule has 0 aromatic carbocycles. The van der Waals surface area contributed by atoms with Gasteiger partial charge in [-0.3, -0.25) is 9.59 Å². The van der Waals surface area contributed by atoms with Gasteiger partial charge in [0, 0.05) is 18.9 Å². The summed E-state index contributed by atoms with van der Waals surface area (Å²) in [6.45, 7) is 4.38. The highest BCUT2D eigenvalue weighted by Crippen LogP contribution is 2.04.